The van der Waals surface area contributed by atoms with Gasteiger partial charge in [0.05, 0.1) is 25.7 Å². The van der Waals surface area contributed by atoms with Crippen molar-refractivity contribution in [3.63, 3.8) is 0 Å². The number of benzene rings is 3. The summed E-state index contributed by atoms with van der Waals surface area (Å²) in [6.45, 7) is 1.95. The second-order valence-corrected chi connectivity index (χ2v) is 13.1. The standard InChI is InChI=1S/C29H26ClN5O3S/c1-19(26-16-21-10-8-14-25(30)27(21)29(36)34(26)22-11-5-4-6-12-22)33-28-24(17-31-18-32-28)20-9-7-13-23(15-20)39(2,3)35(37)38/h4-19H,1-3H3,(H,31,32,33)/t19-/m0/s1. The summed E-state index contributed by atoms with van der Waals surface area (Å²) < 4.78 is 1.44. The highest BCUT2D eigenvalue weighted by molar-refractivity contribution is 8.27. The lowest BCUT2D eigenvalue weighted by Crippen LogP contribution is -2.26. The van der Waals surface area contributed by atoms with Gasteiger partial charge < -0.3 is 5.32 Å². The molecule has 0 aliphatic carbocycles. The fourth-order valence-electron chi connectivity index (χ4n) is 4.50. The molecule has 1 N–H and O–H groups in total. The van der Waals surface area contributed by atoms with Crippen molar-refractivity contribution >= 4 is 38.4 Å². The summed E-state index contributed by atoms with van der Waals surface area (Å²) in [4.78, 5) is 34.8. The Morgan fingerprint density at radius 2 is 1.77 bits per heavy atom. The zero-order valence-electron chi connectivity index (χ0n) is 21.5. The van der Waals surface area contributed by atoms with Gasteiger partial charge in [0, 0.05) is 45.9 Å². The molecule has 5 aromatic rings. The third-order valence-electron chi connectivity index (χ3n) is 6.64. The van der Waals surface area contributed by atoms with Gasteiger partial charge in [-0.05, 0) is 54.3 Å². The van der Waals surface area contributed by atoms with Gasteiger partial charge in [-0.25, -0.2) is 9.97 Å². The number of pyridine rings is 1. The van der Waals surface area contributed by atoms with E-state index in [0.717, 1.165) is 16.6 Å². The molecule has 0 aliphatic heterocycles. The highest BCUT2D eigenvalue weighted by Crippen LogP contribution is 2.50. The van der Waals surface area contributed by atoms with Gasteiger partial charge in [-0.2, -0.15) is 0 Å². The Balaban J connectivity index is 1.61. The molecule has 0 aliphatic rings. The molecule has 2 heterocycles. The minimum Gasteiger partial charge on any atom is -0.361 e. The number of rotatable bonds is 7. The first-order chi connectivity index (χ1) is 18.7. The van der Waals surface area contributed by atoms with Crippen molar-refractivity contribution < 1.29 is 4.33 Å². The van der Waals surface area contributed by atoms with Crippen LogP contribution in [-0.4, -0.2) is 31.4 Å². The third kappa shape index (κ3) is 4.98. The van der Waals surface area contributed by atoms with Gasteiger partial charge in [-0.3, -0.25) is 19.5 Å². The van der Waals surface area contributed by atoms with Crippen LogP contribution in [0.25, 0.3) is 27.6 Å². The van der Waals surface area contributed by atoms with Crippen molar-refractivity contribution in [2.24, 2.45) is 0 Å². The van der Waals surface area contributed by atoms with Gasteiger partial charge >= 0.3 is 0 Å². The van der Waals surface area contributed by atoms with E-state index in [2.05, 4.69) is 15.3 Å². The first-order valence-electron chi connectivity index (χ1n) is 12.1. The molecule has 0 saturated carbocycles. The molecule has 198 valence electrons. The highest BCUT2D eigenvalue weighted by atomic mass is 35.5. The minimum absolute atomic E-state index is 0.214. The molecule has 8 nitrogen and oxygen atoms in total. The molecule has 39 heavy (non-hydrogen) atoms. The van der Waals surface area contributed by atoms with Crippen LogP contribution in [0.2, 0.25) is 5.02 Å². The Labute approximate surface area is 231 Å². The number of anilines is 1. The van der Waals surface area contributed by atoms with Gasteiger partial charge in [0.1, 0.15) is 12.1 Å². The quantitative estimate of drug-likeness (QED) is 0.172. The number of aromatic nitrogens is 3. The van der Waals surface area contributed by atoms with Crippen LogP contribution in [0, 0.1) is 10.1 Å². The van der Waals surface area contributed by atoms with Crippen LogP contribution in [-0.2, 0) is 0 Å². The molecule has 1 atom stereocenters. The van der Waals surface area contributed by atoms with Crippen molar-refractivity contribution in [3.8, 4) is 16.8 Å². The normalized spacial score (nSPS) is 12.7. The molecule has 0 saturated heterocycles. The number of nitrogens with one attached hydrogen (secondary N) is 1. The van der Waals surface area contributed by atoms with Crippen molar-refractivity contribution in [1.82, 2.24) is 14.5 Å². The summed E-state index contributed by atoms with van der Waals surface area (Å²) in [5.74, 6) is 0.543. The molecule has 0 amide bonds. The highest BCUT2D eigenvalue weighted by Gasteiger charge is 2.27. The molecular formula is C29H26ClN5O3S. The second kappa shape index (κ2) is 10.5. The van der Waals surface area contributed by atoms with Gasteiger partial charge in [-0.1, -0.05) is 54.1 Å². The summed E-state index contributed by atoms with van der Waals surface area (Å²) in [6, 6.07) is 23.7. The average molecular weight is 560 g/mol. The Kier molecular flexibility index (Phi) is 7.12. The van der Waals surface area contributed by atoms with E-state index in [9.17, 15) is 14.9 Å². The van der Waals surface area contributed by atoms with Crippen LogP contribution in [0.1, 0.15) is 18.7 Å². The lowest BCUT2D eigenvalue weighted by Gasteiger charge is -2.23. The maximum Gasteiger partial charge on any atom is 0.264 e. The number of nitrogens with zero attached hydrogens (tertiary/aromatic N) is 4. The van der Waals surface area contributed by atoms with Gasteiger partial charge in [0.15, 0.2) is 0 Å². The van der Waals surface area contributed by atoms with Crippen LogP contribution in [0.5, 0.6) is 0 Å². The van der Waals surface area contributed by atoms with E-state index in [0.29, 0.717) is 32.4 Å². The van der Waals surface area contributed by atoms with Crippen molar-refractivity contribution in [1.29, 1.82) is 0 Å². The number of halogens is 1. The lowest BCUT2D eigenvalue weighted by atomic mass is 10.1. The van der Waals surface area contributed by atoms with E-state index in [-0.39, 0.29) is 15.9 Å². The number of hydrogen-bond donors (Lipinski definition) is 1. The monoisotopic (exact) mass is 559 g/mol. The number of fused-ring (bicyclic) bond motifs is 1. The van der Waals surface area contributed by atoms with E-state index in [1.54, 1.807) is 35.4 Å². The number of hydrogen-bond acceptors (Lipinski definition) is 6. The first-order valence-corrected chi connectivity index (χ1v) is 14.9. The number of para-hydroxylation sites is 1. The fourth-order valence-corrected chi connectivity index (χ4v) is 5.76. The van der Waals surface area contributed by atoms with Gasteiger partial charge in [0.2, 0.25) is 0 Å². The summed E-state index contributed by atoms with van der Waals surface area (Å²) in [5, 5.41) is 16.7. The predicted octanol–water partition coefficient (Wildman–Crippen LogP) is 6.89. The molecule has 0 bridgehead atoms. The van der Waals surface area contributed by atoms with Gasteiger partial charge in [0.25, 0.3) is 5.56 Å². The lowest BCUT2D eigenvalue weighted by molar-refractivity contribution is -0.295. The average Bonchev–Trinajstić information content (AvgIpc) is 2.93. The molecule has 3 aromatic carbocycles. The SMILES string of the molecule is C[C@H](Nc1ncncc1-c1cccc(S(C)(C)[N+](=O)[O-])c1)c1cc2cccc(Cl)c2c(=O)n1-c1ccccc1. The minimum atomic E-state index is -2.24. The molecule has 2 aromatic heterocycles. The summed E-state index contributed by atoms with van der Waals surface area (Å²) in [6.07, 6.45) is 6.44. The fraction of sp³-hybridized carbons (Fsp3) is 0.138. The van der Waals surface area contributed by atoms with E-state index >= 15 is 0 Å². The van der Waals surface area contributed by atoms with Crippen LogP contribution in [0.15, 0.2) is 101 Å². The molecule has 0 radical (unpaired) electrons. The first kappa shape index (κ1) is 26.4. The largest absolute Gasteiger partial charge is 0.361 e. The molecule has 0 spiro atoms. The van der Waals surface area contributed by atoms with Crippen LogP contribution >= 0.6 is 21.8 Å². The Hall–Kier alpha value is -4.21. The van der Waals surface area contributed by atoms with Crippen molar-refractivity contribution in [3.05, 3.63) is 123 Å². The topological polar surface area (TPSA) is 103 Å². The summed E-state index contributed by atoms with van der Waals surface area (Å²) in [7, 11) is -2.24. The number of nitro groups is 1. The maximum atomic E-state index is 13.8. The molecule has 5 rings (SSSR count). The van der Waals surface area contributed by atoms with E-state index in [1.807, 2.05) is 73.7 Å². The smallest absolute Gasteiger partial charge is 0.264 e. The van der Waals surface area contributed by atoms with Crippen LogP contribution in [0.3, 0.4) is 0 Å². The summed E-state index contributed by atoms with van der Waals surface area (Å²) >= 11 is 6.45. The van der Waals surface area contributed by atoms with Crippen LogP contribution < -0.4 is 10.9 Å². The third-order valence-corrected chi connectivity index (χ3v) is 9.11. The predicted molar refractivity (Wildman–Crippen MR) is 159 cm³/mol. The zero-order valence-corrected chi connectivity index (χ0v) is 23.1. The zero-order chi connectivity index (χ0) is 27.7. The van der Waals surface area contributed by atoms with E-state index < -0.39 is 10.2 Å². The molecular weight excluding hydrogens is 534 g/mol. The molecule has 0 fully saturated rings. The van der Waals surface area contributed by atoms with Gasteiger partial charge in [-0.15, -0.1) is 0 Å². The molecule has 10 heteroatoms. The maximum absolute atomic E-state index is 13.8. The van der Waals surface area contributed by atoms with Crippen molar-refractivity contribution in [2.45, 2.75) is 17.9 Å². The van der Waals surface area contributed by atoms with E-state index in [4.69, 9.17) is 11.6 Å². The van der Waals surface area contributed by atoms with E-state index in [1.165, 1.54) is 6.33 Å². The van der Waals surface area contributed by atoms with Crippen molar-refractivity contribution in [2.75, 3.05) is 17.8 Å². The Bertz CT molecular complexity index is 1760. The Morgan fingerprint density at radius 3 is 2.51 bits per heavy atom. The Morgan fingerprint density at radius 1 is 1.03 bits per heavy atom. The molecule has 0 unspecified atom stereocenters. The second-order valence-electron chi connectivity index (χ2n) is 9.42. The van der Waals surface area contributed by atoms with Crippen LogP contribution in [0.4, 0.5) is 5.82 Å². The summed E-state index contributed by atoms with van der Waals surface area (Å²) in [5.41, 5.74) is 2.68.